The van der Waals surface area contributed by atoms with Gasteiger partial charge in [-0.05, 0) is 46.5 Å². The van der Waals surface area contributed by atoms with E-state index in [-0.39, 0.29) is 36.4 Å². The fraction of sp³-hybridized carbons (Fsp3) is 0.824. The van der Waals surface area contributed by atoms with Crippen molar-refractivity contribution < 1.29 is 14.4 Å². The Kier molecular flexibility index (Phi) is 5.01. The molecule has 1 N–H and O–H groups in total. The first kappa shape index (κ1) is 17.8. The summed E-state index contributed by atoms with van der Waals surface area (Å²) < 4.78 is 0. The monoisotopic (exact) mass is 323 g/mol. The SMILES string of the molecule is CC(C)N(C(=O)CN1C(=O)NC2(CCCCC2C)C1=O)C(C)C. The molecule has 2 rings (SSSR count). The highest BCUT2D eigenvalue weighted by Crippen LogP contribution is 2.38. The minimum Gasteiger partial charge on any atom is -0.336 e. The van der Waals surface area contributed by atoms with Crippen molar-refractivity contribution in [1.82, 2.24) is 15.1 Å². The molecule has 2 fully saturated rings. The first-order chi connectivity index (χ1) is 10.7. The third-order valence-corrected chi connectivity index (χ3v) is 5.20. The molecule has 0 bridgehead atoms. The molecule has 130 valence electrons. The number of carbonyl (C=O) groups is 3. The minimum atomic E-state index is -0.796. The van der Waals surface area contributed by atoms with Crippen LogP contribution in [0.25, 0.3) is 0 Å². The highest BCUT2D eigenvalue weighted by molar-refractivity contribution is 6.09. The predicted octanol–water partition coefficient (Wildman–Crippen LogP) is 2.13. The second-order valence-electron chi connectivity index (χ2n) is 7.43. The number of amides is 4. The van der Waals surface area contributed by atoms with Crippen molar-refractivity contribution in [3.05, 3.63) is 0 Å². The number of nitrogens with zero attached hydrogens (tertiary/aromatic N) is 2. The lowest BCUT2D eigenvalue weighted by molar-refractivity contribution is -0.142. The first-order valence-electron chi connectivity index (χ1n) is 8.66. The summed E-state index contributed by atoms with van der Waals surface area (Å²) in [7, 11) is 0. The molecule has 2 atom stereocenters. The van der Waals surface area contributed by atoms with Gasteiger partial charge in [0.25, 0.3) is 5.91 Å². The summed E-state index contributed by atoms with van der Waals surface area (Å²) in [5.74, 6) is -0.298. The number of imide groups is 1. The molecule has 2 aliphatic rings. The van der Waals surface area contributed by atoms with E-state index in [9.17, 15) is 14.4 Å². The number of urea groups is 1. The van der Waals surface area contributed by atoms with Crippen LogP contribution in [0.4, 0.5) is 4.79 Å². The Morgan fingerprint density at radius 2 is 1.87 bits per heavy atom. The molecule has 4 amide bonds. The van der Waals surface area contributed by atoms with E-state index in [4.69, 9.17) is 0 Å². The molecule has 2 unspecified atom stereocenters. The van der Waals surface area contributed by atoms with E-state index in [1.54, 1.807) is 4.90 Å². The summed E-state index contributed by atoms with van der Waals surface area (Å²) in [4.78, 5) is 40.6. The smallest absolute Gasteiger partial charge is 0.325 e. The zero-order valence-corrected chi connectivity index (χ0v) is 14.9. The maximum Gasteiger partial charge on any atom is 0.325 e. The number of rotatable bonds is 4. The van der Waals surface area contributed by atoms with E-state index < -0.39 is 11.6 Å². The van der Waals surface area contributed by atoms with E-state index in [1.807, 2.05) is 34.6 Å². The molecular weight excluding hydrogens is 294 g/mol. The average molecular weight is 323 g/mol. The van der Waals surface area contributed by atoms with Crippen LogP contribution < -0.4 is 5.32 Å². The Morgan fingerprint density at radius 3 is 2.39 bits per heavy atom. The molecule has 0 aromatic heterocycles. The third-order valence-electron chi connectivity index (χ3n) is 5.20. The predicted molar refractivity (Wildman–Crippen MR) is 87.7 cm³/mol. The molecule has 6 heteroatoms. The van der Waals surface area contributed by atoms with E-state index in [0.29, 0.717) is 6.42 Å². The van der Waals surface area contributed by atoms with Gasteiger partial charge in [-0.1, -0.05) is 19.8 Å². The van der Waals surface area contributed by atoms with Gasteiger partial charge in [-0.2, -0.15) is 0 Å². The molecule has 1 spiro atoms. The van der Waals surface area contributed by atoms with Crippen LogP contribution in [0.15, 0.2) is 0 Å². The Labute approximate surface area is 138 Å². The lowest BCUT2D eigenvalue weighted by Crippen LogP contribution is -2.54. The minimum absolute atomic E-state index is 0.0332. The molecule has 23 heavy (non-hydrogen) atoms. The van der Waals surface area contributed by atoms with Gasteiger partial charge in [-0.25, -0.2) is 4.79 Å². The largest absolute Gasteiger partial charge is 0.336 e. The zero-order valence-electron chi connectivity index (χ0n) is 14.9. The lowest BCUT2D eigenvalue weighted by atomic mass is 9.73. The fourth-order valence-electron chi connectivity index (χ4n) is 4.03. The molecule has 1 saturated carbocycles. The third kappa shape index (κ3) is 3.08. The van der Waals surface area contributed by atoms with Crippen molar-refractivity contribution in [1.29, 1.82) is 0 Å². The topological polar surface area (TPSA) is 69.7 Å². The van der Waals surface area contributed by atoms with Gasteiger partial charge in [0.1, 0.15) is 12.1 Å². The summed E-state index contributed by atoms with van der Waals surface area (Å²) in [6, 6.07) is -0.360. The average Bonchev–Trinajstić information content (AvgIpc) is 2.67. The van der Waals surface area contributed by atoms with E-state index in [0.717, 1.165) is 24.2 Å². The highest BCUT2D eigenvalue weighted by Gasteiger charge is 2.55. The molecule has 1 aliphatic heterocycles. The zero-order chi connectivity index (χ0) is 17.4. The summed E-state index contributed by atoms with van der Waals surface area (Å²) in [5.41, 5.74) is -0.796. The maximum atomic E-state index is 12.9. The lowest BCUT2D eigenvalue weighted by Gasteiger charge is -2.37. The summed E-state index contributed by atoms with van der Waals surface area (Å²) in [6.45, 7) is 9.60. The molecule has 1 heterocycles. The Hall–Kier alpha value is -1.59. The maximum absolute atomic E-state index is 12.9. The van der Waals surface area contributed by atoms with Crippen molar-refractivity contribution in [3.8, 4) is 0 Å². The highest BCUT2D eigenvalue weighted by atomic mass is 16.2. The first-order valence-corrected chi connectivity index (χ1v) is 8.66. The van der Waals surface area contributed by atoms with Gasteiger partial charge < -0.3 is 10.2 Å². The van der Waals surface area contributed by atoms with Gasteiger partial charge in [0, 0.05) is 12.1 Å². The van der Waals surface area contributed by atoms with Crippen LogP contribution >= 0.6 is 0 Å². The van der Waals surface area contributed by atoms with Gasteiger partial charge in [0.2, 0.25) is 5.91 Å². The summed E-state index contributed by atoms with van der Waals surface area (Å²) in [6.07, 6.45) is 3.61. The van der Waals surface area contributed by atoms with Crippen molar-refractivity contribution in [2.24, 2.45) is 5.92 Å². The van der Waals surface area contributed by atoms with Crippen LogP contribution in [-0.4, -0.2) is 51.8 Å². The Morgan fingerprint density at radius 1 is 1.26 bits per heavy atom. The van der Waals surface area contributed by atoms with E-state index >= 15 is 0 Å². The van der Waals surface area contributed by atoms with Gasteiger partial charge in [0.15, 0.2) is 0 Å². The molecule has 0 aromatic carbocycles. The van der Waals surface area contributed by atoms with E-state index in [2.05, 4.69) is 5.32 Å². The van der Waals surface area contributed by atoms with Crippen molar-refractivity contribution in [2.45, 2.75) is 77.9 Å². The second-order valence-corrected chi connectivity index (χ2v) is 7.43. The normalized spacial score (nSPS) is 28.0. The van der Waals surface area contributed by atoms with Crippen molar-refractivity contribution in [2.75, 3.05) is 6.54 Å². The van der Waals surface area contributed by atoms with Gasteiger partial charge in [-0.3, -0.25) is 14.5 Å². The fourth-order valence-corrected chi connectivity index (χ4v) is 4.03. The summed E-state index contributed by atoms with van der Waals surface area (Å²) in [5, 5.41) is 2.89. The van der Waals surface area contributed by atoms with Crippen LogP contribution in [-0.2, 0) is 9.59 Å². The number of nitrogens with one attached hydrogen (secondary N) is 1. The van der Waals surface area contributed by atoms with Crippen molar-refractivity contribution >= 4 is 17.8 Å². The van der Waals surface area contributed by atoms with Gasteiger partial charge >= 0.3 is 6.03 Å². The molecule has 0 aromatic rings. The Bertz CT molecular complexity index is 495. The molecule has 0 radical (unpaired) electrons. The molecular formula is C17H29N3O3. The van der Waals surface area contributed by atoms with E-state index in [1.165, 1.54) is 0 Å². The molecule has 1 aliphatic carbocycles. The standard InChI is InChI=1S/C17H29N3O3/c1-11(2)20(12(3)4)14(21)10-19-15(22)17(18-16(19)23)9-7-6-8-13(17)5/h11-13H,6-10H2,1-5H3,(H,18,23). The van der Waals surface area contributed by atoms with Gasteiger partial charge in [-0.15, -0.1) is 0 Å². The Balaban J connectivity index is 2.16. The molecule has 6 nitrogen and oxygen atoms in total. The molecule has 1 saturated heterocycles. The summed E-state index contributed by atoms with van der Waals surface area (Å²) >= 11 is 0. The van der Waals surface area contributed by atoms with Crippen LogP contribution in [0.5, 0.6) is 0 Å². The van der Waals surface area contributed by atoms with Gasteiger partial charge in [0.05, 0.1) is 0 Å². The van der Waals surface area contributed by atoms with Crippen LogP contribution in [0.2, 0.25) is 0 Å². The number of hydrogen-bond donors (Lipinski definition) is 1. The quantitative estimate of drug-likeness (QED) is 0.806. The number of hydrogen-bond acceptors (Lipinski definition) is 3. The van der Waals surface area contributed by atoms with Crippen molar-refractivity contribution in [3.63, 3.8) is 0 Å². The van der Waals surface area contributed by atoms with Crippen LogP contribution in [0, 0.1) is 5.92 Å². The van der Waals surface area contributed by atoms with Crippen LogP contribution in [0.1, 0.15) is 60.3 Å². The van der Waals surface area contributed by atoms with Crippen LogP contribution in [0.3, 0.4) is 0 Å². The number of carbonyl (C=O) groups excluding carboxylic acids is 3. The second kappa shape index (κ2) is 6.49.